The van der Waals surface area contributed by atoms with Gasteiger partial charge in [0.1, 0.15) is 17.9 Å². The lowest BCUT2D eigenvalue weighted by Gasteiger charge is -2.35. The van der Waals surface area contributed by atoms with Crippen LogP contribution in [-0.2, 0) is 27.2 Å². The number of rotatable bonds is 14. The quantitative estimate of drug-likeness (QED) is 0.224. The van der Waals surface area contributed by atoms with Gasteiger partial charge in [-0.1, -0.05) is 74.0 Å². The Morgan fingerprint density at radius 1 is 0.891 bits per heavy atom. The molecule has 2 atom stereocenters. The van der Waals surface area contributed by atoms with Gasteiger partial charge in [0.15, 0.2) is 0 Å². The van der Waals surface area contributed by atoms with Gasteiger partial charge in [-0.2, -0.15) is 0 Å². The molecule has 4 N–H and O–H groups in total. The summed E-state index contributed by atoms with van der Waals surface area (Å²) in [6.07, 6.45) is 2.35. The molecule has 0 saturated heterocycles. The highest BCUT2D eigenvalue weighted by atomic mass is 19.1. The number of nitrogens with zero attached hydrogens (tertiary/aromatic N) is 2. The number of nitrogens with one attached hydrogen (secondary N) is 1. The van der Waals surface area contributed by atoms with Crippen LogP contribution in [0, 0.1) is 11.2 Å². The van der Waals surface area contributed by atoms with Crippen LogP contribution in [0.15, 0.2) is 78.4 Å². The lowest BCUT2D eigenvalue weighted by molar-refractivity contribution is -0.146. The predicted octanol–water partition coefficient (Wildman–Crippen LogP) is 4.63. The van der Waals surface area contributed by atoms with E-state index in [9.17, 15) is 23.9 Å². The van der Waals surface area contributed by atoms with E-state index >= 15 is 0 Å². The summed E-state index contributed by atoms with van der Waals surface area (Å²) in [4.78, 5) is 44.5. The third kappa shape index (κ3) is 10.5. The van der Waals surface area contributed by atoms with Gasteiger partial charge in [-0.05, 0) is 61.2 Å². The molecule has 0 heterocycles. The average Bonchev–Trinajstić information content (AvgIpc) is 3.00. The van der Waals surface area contributed by atoms with Gasteiger partial charge < -0.3 is 26.0 Å². The van der Waals surface area contributed by atoms with Gasteiger partial charge in [-0.25, -0.2) is 4.39 Å². The zero-order valence-electron chi connectivity index (χ0n) is 28.1. The van der Waals surface area contributed by atoms with E-state index in [0.29, 0.717) is 12.0 Å². The number of benzene rings is 3. The van der Waals surface area contributed by atoms with E-state index in [1.165, 1.54) is 28.0 Å². The molecule has 3 aromatic carbocycles. The van der Waals surface area contributed by atoms with Crippen LogP contribution in [0.2, 0.25) is 0 Å². The van der Waals surface area contributed by atoms with Crippen molar-refractivity contribution in [3.63, 3.8) is 0 Å². The number of hydrogen-bond acceptors (Lipinski definition) is 5. The fourth-order valence-corrected chi connectivity index (χ4v) is 5.35. The molecule has 0 aliphatic rings. The average molecular weight is 633 g/mol. The number of amides is 3. The minimum atomic E-state index is -0.967. The Kier molecular flexibility index (Phi) is 12.2. The molecule has 0 fully saturated rings. The second-order valence-corrected chi connectivity index (χ2v) is 13.8. The monoisotopic (exact) mass is 632 g/mol. The molecule has 0 unspecified atom stereocenters. The van der Waals surface area contributed by atoms with Crippen LogP contribution in [-0.4, -0.2) is 77.5 Å². The zero-order chi connectivity index (χ0) is 34.2. The van der Waals surface area contributed by atoms with Crippen LogP contribution in [0.3, 0.4) is 0 Å². The Morgan fingerprint density at radius 3 is 2.09 bits per heavy atom. The van der Waals surface area contributed by atoms with E-state index in [2.05, 4.69) is 5.32 Å². The van der Waals surface area contributed by atoms with Crippen LogP contribution in [0.4, 0.5) is 4.39 Å². The molecule has 248 valence electrons. The van der Waals surface area contributed by atoms with Gasteiger partial charge in [-0.15, -0.1) is 0 Å². The number of carbonyl (C=O) groups is 3. The van der Waals surface area contributed by atoms with Crippen molar-refractivity contribution in [1.82, 2.24) is 15.1 Å². The van der Waals surface area contributed by atoms with Gasteiger partial charge in [0.25, 0.3) is 0 Å². The number of nitrogens with two attached hydrogens (primary N) is 1. The molecule has 3 aromatic rings. The first-order valence-corrected chi connectivity index (χ1v) is 15.6. The van der Waals surface area contributed by atoms with E-state index in [-0.39, 0.29) is 31.9 Å². The molecular formula is C37H49FN4O4. The molecule has 0 radical (unpaired) electrons. The summed E-state index contributed by atoms with van der Waals surface area (Å²) in [5.74, 6) is -1.59. The SMILES string of the molecule is C/C(=C\C(=O)N(C)[C@H](Cc1ccc2ccccc2c1)C(=O)N(C)[C@H](Cc1ccc(F)cc1)C(=O)NCC(C)(C)CO)CC(C)(C)N. The number of carbonyl (C=O) groups excluding carboxylic acids is 3. The van der Waals surface area contributed by atoms with Crippen molar-refractivity contribution in [2.45, 2.75) is 71.5 Å². The third-order valence-electron chi connectivity index (χ3n) is 8.08. The van der Waals surface area contributed by atoms with E-state index in [4.69, 9.17) is 5.73 Å². The summed E-state index contributed by atoms with van der Waals surface area (Å²) in [6, 6.07) is 17.7. The highest BCUT2D eigenvalue weighted by molar-refractivity contribution is 5.95. The van der Waals surface area contributed by atoms with Gasteiger partial charge >= 0.3 is 0 Å². The zero-order valence-corrected chi connectivity index (χ0v) is 28.1. The number of fused-ring (bicyclic) bond motifs is 1. The highest BCUT2D eigenvalue weighted by Gasteiger charge is 2.35. The van der Waals surface area contributed by atoms with Crippen LogP contribution < -0.4 is 11.1 Å². The van der Waals surface area contributed by atoms with Crippen molar-refractivity contribution in [2.24, 2.45) is 11.1 Å². The fourth-order valence-electron chi connectivity index (χ4n) is 5.35. The second-order valence-electron chi connectivity index (χ2n) is 13.8. The van der Waals surface area contributed by atoms with Crippen molar-refractivity contribution >= 4 is 28.5 Å². The molecule has 46 heavy (non-hydrogen) atoms. The normalized spacial score (nSPS) is 13.7. The number of hydrogen-bond donors (Lipinski definition) is 3. The Labute approximate surface area is 272 Å². The van der Waals surface area contributed by atoms with Crippen molar-refractivity contribution in [2.75, 3.05) is 27.2 Å². The molecule has 0 bridgehead atoms. The maximum absolute atomic E-state index is 14.4. The Bertz CT molecular complexity index is 1540. The fraction of sp³-hybridized carbons (Fsp3) is 0.432. The lowest BCUT2D eigenvalue weighted by Crippen LogP contribution is -2.56. The molecule has 0 aliphatic heterocycles. The summed E-state index contributed by atoms with van der Waals surface area (Å²) in [5.41, 5.74) is 7.41. The van der Waals surface area contributed by atoms with Gasteiger partial charge in [-0.3, -0.25) is 14.4 Å². The van der Waals surface area contributed by atoms with Crippen molar-refractivity contribution in [1.29, 1.82) is 0 Å². The Hall–Kier alpha value is -4.08. The summed E-state index contributed by atoms with van der Waals surface area (Å²) >= 11 is 0. The minimum Gasteiger partial charge on any atom is -0.396 e. The Balaban J connectivity index is 2.00. The van der Waals surface area contributed by atoms with Crippen LogP contribution in [0.25, 0.3) is 10.8 Å². The molecule has 9 heteroatoms. The maximum atomic E-state index is 14.4. The standard InChI is InChI=1S/C37H49FN4O4/c1-25(22-37(4,5)39)18-33(44)41(6)32(21-27-12-15-28-10-8-9-11-29(28)19-27)35(46)42(7)31(20-26-13-16-30(38)17-14-26)34(45)40-23-36(2,3)24-43/h8-19,31-32,43H,20-24,39H2,1-7H3,(H,40,45)/b25-18+/t31-,32-/m1/s1. The molecule has 3 amide bonds. The molecule has 0 aromatic heterocycles. The molecule has 0 aliphatic carbocycles. The first kappa shape index (κ1) is 36.4. The van der Waals surface area contributed by atoms with Crippen molar-refractivity contribution in [3.8, 4) is 0 Å². The molecular weight excluding hydrogens is 583 g/mol. The van der Waals surface area contributed by atoms with Gasteiger partial charge in [0.2, 0.25) is 17.7 Å². The van der Waals surface area contributed by atoms with Crippen LogP contribution in [0.1, 0.15) is 52.2 Å². The summed E-state index contributed by atoms with van der Waals surface area (Å²) < 4.78 is 13.7. The number of aliphatic hydroxyl groups is 1. The summed E-state index contributed by atoms with van der Waals surface area (Å²) in [7, 11) is 3.15. The molecule has 8 nitrogen and oxygen atoms in total. The molecule has 0 saturated carbocycles. The van der Waals surface area contributed by atoms with E-state index < -0.39 is 40.7 Å². The van der Waals surface area contributed by atoms with Gasteiger partial charge in [0.05, 0.1) is 0 Å². The first-order chi connectivity index (χ1) is 21.5. The predicted molar refractivity (Wildman–Crippen MR) is 181 cm³/mol. The van der Waals surface area contributed by atoms with Crippen molar-refractivity contribution < 1.29 is 23.9 Å². The number of aliphatic hydroxyl groups excluding tert-OH is 1. The lowest BCUT2D eigenvalue weighted by atomic mass is 9.94. The number of likely N-dealkylation sites (N-methyl/N-ethyl adjacent to an activating group) is 2. The Morgan fingerprint density at radius 2 is 1.48 bits per heavy atom. The third-order valence-corrected chi connectivity index (χ3v) is 8.08. The van der Waals surface area contributed by atoms with Crippen LogP contribution in [0.5, 0.6) is 0 Å². The van der Waals surface area contributed by atoms with E-state index in [1.54, 1.807) is 26.2 Å². The topological polar surface area (TPSA) is 116 Å². The number of halogens is 1. The molecule has 0 spiro atoms. The second kappa shape index (κ2) is 15.5. The van der Waals surface area contributed by atoms with Crippen molar-refractivity contribution in [3.05, 3.63) is 95.3 Å². The summed E-state index contributed by atoms with van der Waals surface area (Å²) in [6.45, 7) is 9.28. The molecule has 3 rings (SSSR count). The van der Waals surface area contributed by atoms with E-state index in [0.717, 1.165) is 21.9 Å². The van der Waals surface area contributed by atoms with Crippen LogP contribution >= 0.6 is 0 Å². The van der Waals surface area contributed by atoms with Gasteiger partial charge in [0, 0.05) is 57.1 Å². The minimum absolute atomic E-state index is 0.124. The maximum Gasteiger partial charge on any atom is 0.246 e. The highest BCUT2D eigenvalue weighted by Crippen LogP contribution is 2.21. The first-order valence-electron chi connectivity index (χ1n) is 15.6. The largest absolute Gasteiger partial charge is 0.396 e. The smallest absolute Gasteiger partial charge is 0.246 e. The van der Waals surface area contributed by atoms with E-state index in [1.807, 2.05) is 77.1 Å². The summed E-state index contributed by atoms with van der Waals surface area (Å²) in [5, 5.41) is 14.7.